The second-order valence-electron chi connectivity index (χ2n) is 7.92. The van der Waals surface area contributed by atoms with E-state index in [1.807, 2.05) is 12.1 Å². The van der Waals surface area contributed by atoms with E-state index in [0.717, 1.165) is 36.0 Å². The van der Waals surface area contributed by atoms with E-state index in [2.05, 4.69) is 19.9 Å². The first-order valence-electron chi connectivity index (χ1n) is 8.35. The van der Waals surface area contributed by atoms with Crippen molar-refractivity contribution in [2.45, 2.75) is 58.0 Å². The highest BCUT2D eigenvalue weighted by Crippen LogP contribution is 2.49. The van der Waals surface area contributed by atoms with Crippen molar-refractivity contribution in [1.29, 1.82) is 0 Å². The number of hydrogen-bond donors (Lipinski definition) is 0. The Morgan fingerprint density at radius 1 is 1.29 bits per heavy atom. The zero-order chi connectivity index (χ0) is 14.6. The van der Waals surface area contributed by atoms with Crippen molar-refractivity contribution in [3.05, 3.63) is 29.3 Å². The molecule has 0 N–H and O–H groups in total. The minimum absolute atomic E-state index is 0.130. The van der Waals surface area contributed by atoms with Crippen molar-refractivity contribution >= 4 is 5.78 Å². The Bertz CT molecular complexity index is 587. The molecule has 0 amide bonds. The van der Waals surface area contributed by atoms with Gasteiger partial charge >= 0.3 is 0 Å². The zero-order valence-corrected chi connectivity index (χ0v) is 13.0. The maximum absolute atomic E-state index is 12.6. The third-order valence-corrected chi connectivity index (χ3v) is 5.72. The van der Waals surface area contributed by atoms with Crippen molar-refractivity contribution in [3.63, 3.8) is 0 Å². The van der Waals surface area contributed by atoms with Crippen LogP contribution in [0.1, 0.15) is 61.9 Å². The molecule has 0 saturated heterocycles. The van der Waals surface area contributed by atoms with Crippen molar-refractivity contribution < 1.29 is 9.53 Å². The van der Waals surface area contributed by atoms with Gasteiger partial charge in [-0.2, -0.15) is 0 Å². The van der Waals surface area contributed by atoms with Crippen molar-refractivity contribution in [1.82, 2.24) is 0 Å². The molecule has 1 aliphatic heterocycles. The van der Waals surface area contributed by atoms with Gasteiger partial charge in [0, 0.05) is 18.4 Å². The van der Waals surface area contributed by atoms with E-state index in [9.17, 15) is 4.79 Å². The standard InChI is InChI=1S/C19H24O2/c1-19(2)11-16-9-14(5-6-18(16)21-19)17(20)10-15-8-12-3-4-13(15)7-12/h5-6,9,12-13,15H,3-4,7-8,10-11H2,1-2H3. The fourth-order valence-electron chi connectivity index (χ4n) is 4.77. The predicted molar refractivity (Wildman–Crippen MR) is 82.7 cm³/mol. The van der Waals surface area contributed by atoms with Crippen LogP contribution in [0.2, 0.25) is 0 Å². The lowest BCUT2D eigenvalue weighted by Gasteiger charge is -2.20. The van der Waals surface area contributed by atoms with Crippen molar-refractivity contribution in [3.8, 4) is 5.75 Å². The van der Waals surface area contributed by atoms with Gasteiger partial charge < -0.3 is 4.74 Å². The maximum atomic E-state index is 12.6. The number of carbonyl (C=O) groups is 1. The lowest BCUT2D eigenvalue weighted by Crippen LogP contribution is -2.24. The smallest absolute Gasteiger partial charge is 0.163 e. The van der Waals surface area contributed by atoms with Gasteiger partial charge in [0.05, 0.1) is 0 Å². The summed E-state index contributed by atoms with van der Waals surface area (Å²) in [4.78, 5) is 12.6. The summed E-state index contributed by atoms with van der Waals surface area (Å²) in [7, 11) is 0. The van der Waals surface area contributed by atoms with Gasteiger partial charge in [0.15, 0.2) is 5.78 Å². The molecule has 0 spiro atoms. The van der Waals surface area contributed by atoms with Crippen LogP contribution in [0.5, 0.6) is 5.75 Å². The van der Waals surface area contributed by atoms with Gasteiger partial charge in [-0.3, -0.25) is 4.79 Å². The molecule has 1 aromatic carbocycles. The number of benzene rings is 1. The van der Waals surface area contributed by atoms with E-state index in [1.54, 1.807) is 0 Å². The SMILES string of the molecule is CC1(C)Cc2cc(C(=O)CC3CC4CCC3C4)ccc2O1. The molecule has 2 nitrogen and oxygen atoms in total. The molecule has 1 heterocycles. The summed E-state index contributed by atoms with van der Waals surface area (Å²) in [5, 5.41) is 0. The molecule has 112 valence electrons. The first-order valence-corrected chi connectivity index (χ1v) is 8.35. The minimum Gasteiger partial charge on any atom is -0.487 e. The molecule has 1 aromatic rings. The number of ether oxygens (including phenoxy) is 1. The van der Waals surface area contributed by atoms with Gasteiger partial charge in [0.2, 0.25) is 0 Å². The number of carbonyl (C=O) groups excluding carboxylic acids is 1. The van der Waals surface area contributed by atoms with E-state index in [0.29, 0.717) is 11.7 Å². The highest BCUT2D eigenvalue weighted by molar-refractivity contribution is 5.96. The maximum Gasteiger partial charge on any atom is 0.163 e. The van der Waals surface area contributed by atoms with E-state index in [1.165, 1.54) is 31.2 Å². The molecular formula is C19H24O2. The first kappa shape index (κ1) is 13.4. The predicted octanol–water partition coefficient (Wildman–Crippen LogP) is 4.41. The summed E-state index contributed by atoms with van der Waals surface area (Å²) in [6.07, 6.45) is 7.08. The average molecular weight is 284 g/mol. The molecule has 4 rings (SSSR count). The quantitative estimate of drug-likeness (QED) is 0.769. The Morgan fingerprint density at radius 2 is 2.14 bits per heavy atom. The number of ketones is 1. The van der Waals surface area contributed by atoms with Gasteiger partial charge in [-0.15, -0.1) is 0 Å². The van der Waals surface area contributed by atoms with Crippen LogP contribution >= 0.6 is 0 Å². The Morgan fingerprint density at radius 3 is 2.86 bits per heavy atom. The molecule has 0 aromatic heterocycles. The summed E-state index contributed by atoms with van der Waals surface area (Å²) in [6.45, 7) is 4.20. The lowest BCUT2D eigenvalue weighted by atomic mass is 9.84. The van der Waals surface area contributed by atoms with Crippen LogP contribution in [-0.4, -0.2) is 11.4 Å². The van der Waals surface area contributed by atoms with Crippen LogP contribution < -0.4 is 4.74 Å². The Hall–Kier alpha value is -1.31. The summed E-state index contributed by atoms with van der Waals surface area (Å²) >= 11 is 0. The zero-order valence-electron chi connectivity index (χ0n) is 13.0. The second-order valence-corrected chi connectivity index (χ2v) is 7.92. The fraction of sp³-hybridized carbons (Fsp3) is 0.632. The molecule has 2 fully saturated rings. The van der Waals surface area contributed by atoms with Crippen LogP contribution in [-0.2, 0) is 6.42 Å². The monoisotopic (exact) mass is 284 g/mol. The molecule has 2 aliphatic carbocycles. The van der Waals surface area contributed by atoms with E-state index < -0.39 is 0 Å². The Balaban J connectivity index is 1.48. The molecule has 2 heteroatoms. The van der Waals surface area contributed by atoms with Gasteiger partial charge in [0.25, 0.3) is 0 Å². The minimum atomic E-state index is -0.130. The molecule has 3 atom stereocenters. The van der Waals surface area contributed by atoms with Gasteiger partial charge in [-0.1, -0.05) is 6.42 Å². The van der Waals surface area contributed by atoms with Gasteiger partial charge in [0.1, 0.15) is 11.4 Å². The number of Topliss-reactive ketones (excluding diaryl/α,β-unsaturated/α-hetero) is 1. The van der Waals surface area contributed by atoms with E-state index in [4.69, 9.17) is 4.74 Å². The second kappa shape index (κ2) is 4.59. The number of rotatable bonds is 3. The third kappa shape index (κ3) is 2.39. The highest BCUT2D eigenvalue weighted by atomic mass is 16.5. The first-order chi connectivity index (χ1) is 10.00. The van der Waals surface area contributed by atoms with Crippen LogP contribution in [0.3, 0.4) is 0 Å². The fourth-order valence-corrected chi connectivity index (χ4v) is 4.77. The third-order valence-electron chi connectivity index (χ3n) is 5.72. The van der Waals surface area contributed by atoms with Crippen LogP contribution in [0, 0.1) is 17.8 Å². The molecule has 0 radical (unpaired) electrons. The largest absolute Gasteiger partial charge is 0.487 e. The summed E-state index contributed by atoms with van der Waals surface area (Å²) in [5.41, 5.74) is 1.95. The van der Waals surface area contributed by atoms with E-state index in [-0.39, 0.29) is 5.60 Å². The van der Waals surface area contributed by atoms with Crippen LogP contribution in [0.15, 0.2) is 18.2 Å². The molecule has 3 aliphatic rings. The lowest BCUT2D eigenvalue weighted by molar-refractivity contribution is 0.0944. The molecule has 2 bridgehead atoms. The Kier molecular flexibility index (Phi) is 2.92. The molecule has 3 unspecified atom stereocenters. The van der Waals surface area contributed by atoms with Crippen molar-refractivity contribution in [2.75, 3.05) is 0 Å². The molecule has 2 saturated carbocycles. The topological polar surface area (TPSA) is 26.3 Å². The van der Waals surface area contributed by atoms with Gasteiger partial charge in [-0.05, 0) is 74.6 Å². The summed E-state index contributed by atoms with van der Waals surface area (Å²) in [6, 6.07) is 6.01. The molecular weight excluding hydrogens is 260 g/mol. The average Bonchev–Trinajstić information content (AvgIpc) is 3.08. The summed E-state index contributed by atoms with van der Waals surface area (Å²) < 4.78 is 5.89. The Labute approximate surface area is 126 Å². The summed E-state index contributed by atoms with van der Waals surface area (Å²) in [5.74, 6) is 3.69. The number of fused-ring (bicyclic) bond motifs is 3. The van der Waals surface area contributed by atoms with Crippen LogP contribution in [0.4, 0.5) is 0 Å². The van der Waals surface area contributed by atoms with Crippen molar-refractivity contribution in [2.24, 2.45) is 17.8 Å². The number of hydrogen-bond acceptors (Lipinski definition) is 2. The van der Waals surface area contributed by atoms with E-state index >= 15 is 0 Å². The van der Waals surface area contributed by atoms with Crippen LogP contribution in [0.25, 0.3) is 0 Å². The molecule has 21 heavy (non-hydrogen) atoms. The normalized spacial score (nSPS) is 32.0. The van der Waals surface area contributed by atoms with Gasteiger partial charge in [-0.25, -0.2) is 0 Å². The highest BCUT2D eigenvalue weighted by Gasteiger charge is 2.40.